The average Bonchev–Trinajstić information content (AvgIpc) is 2.60. The number of halogens is 2. The molecule has 0 atom stereocenters. The lowest BCUT2D eigenvalue weighted by Gasteiger charge is -2.36. The van der Waals surface area contributed by atoms with Crippen LogP contribution in [0.5, 0.6) is 0 Å². The summed E-state index contributed by atoms with van der Waals surface area (Å²) in [4.78, 5) is 4.39. The Morgan fingerprint density at radius 1 is 1.04 bits per heavy atom. The summed E-state index contributed by atoms with van der Waals surface area (Å²) in [7, 11) is 0. The second kappa shape index (κ2) is 7.89. The summed E-state index contributed by atoms with van der Waals surface area (Å²) in [5.41, 5.74) is 2.76. The molecule has 0 aromatic heterocycles. The highest BCUT2D eigenvalue weighted by Gasteiger charge is 2.19. The van der Waals surface area contributed by atoms with Crippen molar-refractivity contribution in [2.45, 2.75) is 13.5 Å². The Morgan fingerprint density at radius 3 is 2.36 bits per heavy atom. The Kier molecular flexibility index (Phi) is 5.60. The van der Waals surface area contributed by atoms with Gasteiger partial charge < -0.3 is 10.2 Å². The van der Waals surface area contributed by atoms with Gasteiger partial charge in [0.05, 0.1) is 5.69 Å². The fourth-order valence-corrected chi connectivity index (χ4v) is 3.14. The van der Waals surface area contributed by atoms with Crippen LogP contribution in [0.4, 0.5) is 14.5 Å². The highest BCUT2D eigenvalue weighted by molar-refractivity contribution is 7.80. The molecule has 132 valence electrons. The first kappa shape index (κ1) is 17.8. The van der Waals surface area contributed by atoms with Crippen molar-refractivity contribution >= 4 is 23.0 Å². The van der Waals surface area contributed by atoms with Gasteiger partial charge in [-0.2, -0.15) is 0 Å². The van der Waals surface area contributed by atoms with Gasteiger partial charge in [-0.15, -0.1) is 0 Å². The van der Waals surface area contributed by atoms with E-state index < -0.39 is 11.6 Å². The number of hydrogen-bond acceptors (Lipinski definition) is 2. The molecule has 1 saturated heterocycles. The van der Waals surface area contributed by atoms with Gasteiger partial charge in [0, 0.05) is 38.8 Å². The second-order valence-electron chi connectivity index (χ2n) is 6.30. The minimum Gasteiger partial charge on any atom is -0.346 e. The summed E-state index contributed by atoms with van der Waals surface area (Å²) < 4.78 is 26.7. The third-order valence-electron chi connectivity index (χ3n) is 4.36. The third-order valence-corrected chi connectivity index (χ3v) is 4.72. The van der Waals surface area contributed by atoms with Crippen LogP contribution in [0.3, 0.4) is 0 Å². The number of nitrogens with zero attached hydrogens (tertiary/aromatic N) is 2. The maximum Gasteiger partial charge on any atom is 0.173 e. The second-order valence-corrected chi connectivity index (χ2v) is 6.69. The minimum absolute atomic E-state index is 0.202. The van der Waals surface area contributed by atoms with Gasteiger partial charge in [0.15, 0.2) is 5.11 Å². The number of nitrogens with one attached hydrogen (secondary N) is 1. The van der Waals surface area contributed by atoms with Crippen molar-refractivity contribution in [2.75, 3.05) is 31.5 Å². The number of aryl methyl sites for hydroxylation is 1. The number of benzene rings is 2. The van der Waals surface area contributed by atoms with Crippen molar-refractivity contribution in [3.63, 3.8) is 0 Å². The highest BCUT2D eigenvalue weighted by atomic mass is 32.1. The van der Waals surface area contributed by atoms with Gasteiger partial charge in [-0.25, -0.2) is 8.78 Å². The molecule has 0 radical (unpaired) electrons. The molecule has 0 aliphatic carbocycles. The maximum absolute atomic E-state index is 13.7. The zero-order valence-corrected chi connectivity index (χ0v) is 15.0. The fourth-order valence-electron chi connectivity index (χ4n) is 2.85. The predicted octanol–water partition coefficient (Wildman–Crippen LogP) is 3.79. The molecule has 0 bridgehead atoms. The largest absolute Gasteiger partial charge is 0.346 e. The zero-order valence-electron chi connectivity index (χ0n) is 14.1. The Hall–Kier alpha value is -2.05. The van der Waals surface area contributed by atoms with Crippen LogP contribution in [0.25, 0.3) is 0 Å². The van der Waals surface area contributed by atoms with E-state index in [4.69, 9.17) is 12.2 Å². The normalized spacial score (nSPS) is 15.2. The van der Waals surface area contributed by atoms with Crippen LogP contribution in [0.2, 0.25) is 0 Å². The van der Waals surface area contributed by atoms with Crippen LogP contribution in [0, 0.1) is 18.6 Å². The van der Waals surface area contributed by atoms with E-state index in [1.165, 1.54) is 23.3 Å². The molecule has 2 aromatic carbocycles. The molecule has 0 spiro atoms. The molecule has 1 heterocycles. The predicted molar refractivity (Wildman–Crippen MR) is 101 cm³/mol. The quantitative estimate of drug-likeness (QED) is 0.838. The first-order chi connectivity index (χ1) is 12.0. The van der Waals surface area contributed by atoms with E-state index >= 15 is 0 Å². The topological polar surface area (TPSA) is 18.5 Å². The van der Waals surface area contributed by atoms with Crippen molar-refractivity contribution < 1.29 is 8.78 Å². The standard InChI is InChI=1S/C19H21F2N3S/c1-14-2-4-15(5-3-14)13-23-8-10-24(11-9-23)19(25)22-18-7-6-16(20)12-17(18)21/h2-7,12H,8-11,13H2,1H3,(H,22,25). The number of anilines is 1. The lowest BCUT2D eigenvalue weighted by atomic mass is 10.1. The lowest BCUT2D eigenvalue weighted by Crippen LogP contribution is -2.49. The Bertz CT molecular complexity index is 741. The summed E-state index contributed by atoms with van der Waals surface area (Å²) in [5.74, 6) is -1.24. The monoisotopic (exact) mass is 361 g/mol. The summed E-state index contributed by atoms with van der Waals surface area (Å²) in [6.07, 6.45) is 0. The van der Waals surface area contributed by atoms with Gasteiger partial charge >= 0.3 is 0 Å². The molecule has 6 heteroatoms. The molecule has 0 saturated carbocycles. The van der Waals surface area contributed by atoms with E-state index in [9.17, 15) is 8.78 Å². The van der Waals surface area contributed by atoms with Gasteiger partial charge in [-0.3, -0.25) is 4.90 Å². The molecular weight excluding hydrogens is 340 g/mol. The molecule has 1 N–H and O–H groups in total. The van der Waals surface area contributed by atoms with E-state index in [-0.39, 0.29) is 5.69 Å². The Balaban J connectivity index is 1.51. The molecule has 25 heavy (non-hydrogen) atoms. The van der Waals surface area contributed by atoms with Crippen molar-refractivity contribution in [3.05, 3.63) is 65.2 Å². The summed E-state index contributed by atoms with van der Waals surface area (Å²) in [6.45, 7) is 6.34. The average molecular weight is 361 g/mol. The van der Waals surface area contributed by atoms with E-state index in [0.29, 0.717) is 5.11 Å². The SMILES string of the molecule is Cc1ccc(CN2CCN(C(=S)Nc3ccc(F)cc3F)CC2)cc1. The van der Waals surface area contributed by atoms with Crippen molar-refractivity contribution in [3.8, 4) is 0 Å². The van der Waals surface area contributed by atoms with Crippen LogP contribution in [0.1, 0.15) is 11.1 Å². The molecule has 3 nitrogen and oxygen atoms in total. The molecule has 3 rings (SSSR count). The molecule has 1 fully saturated rings. The fraction of sp³-hybridized carbons (Fsp3) is 0.316. The van der Waals surface area contributed by atoms with Gasteiger partial charge in [0.1, 0.15) is 11.6 Å². The van der Waals surface area contributed by atoms with Gasteiger partial charge in [0.2, 0.25) is 0 Å². The summed E-state index contributed by atoms with van der Waals surface area (Å²) in [5, 5.41) is 3.35. The molecule has 1 aliphatic rings. The minimum atomic E-state index is -0.639. The number of hydrogen-bond donors (Lipinski definition) is 1. The van der Waals surface area contributed by atoms with Crippen LogP contribution in [-0.2, 0) is 6.54 Å². The maximum atomic E-state index is 13.7. The number of thiocarbonyl (C=S) groups is 1. The Morgan fingerprint density at radius 2 is 1.72 bits per heavy atom. The van der Waals surface area contributed by atoms with E-state index in [1.54, 1.807) is 0 Å². The smallest absolute Gasteiger partial charge is 0.173 e. The van der Waals surface area contributed by atoms with Crippen LogP contribution < -0.4 is 5.32 Å². The van der Waals surface area contributed by atoms with Gasteiger partial charge in [-0.05, 0) is 36.8 Å². The van der Waals surface area contributed by atoms with Crippen molar-refractivity contribution in [1.29, 1.82) is 0 Å². The number of rotatable bonds is 3. The Labute approximate surface area is 152 Å². The van der Waals surface area contributed by atoms with E-state index in [2.05, 4.69) is 41.4 Å². The summed E-state index contributed by atoms with van der Waals surface area (Å²) in [6, 6.07) is 12.0. The van der Waals surface area contributed by atoms with Gasteiger partial charge in [0.25, 0.3) is 0 Å². The highest BCUT2D eigenvalue weighted by Crippen LogP contribution is 2.16. The van der Waals surface area contributed by atoms with Crippen LogP contribution >= 0.6 is 12.2 Å². The number of piperazine rings is 1. The first-order valence-electron chi connectivity index (χ1n) is 8.30. The summed E-state index contributed by atoms with van der Waals surface area (Å²) >= 11 is 5.37. The van der Waals surface area contributed by atoms with Gasteiger partial charge in [-0.1, -0.05) is 29.8 Å². The first-order valence-corrected chi connectivity index (χ1v) is 8.71. The molecule has 1 aliphatic heterocycles. The van der Waals surface area contributed by atoms with E-state index in [1.807, 2.05) is 4.90 Å². The molecule has 0 amide bonds. The molecule has 2 aromatic rings. The van der Waals surface area contributed by atoms with Crippen molar-refractivity contribution in [2.24, 2.45) is 0 Å². The van der Waals surface area contributed by atoms with Crippen LogP contribution in [-0.4, -0.2) is 41.1 Å². The zero-order chi connectivity index (χ0) is 17.8. The molecular formula is C19H21F2N3S. The lowest BCUT2D eigenvalue weighted by molar-refractivity contribution is 0.177. The third kappa shape index (κ3) is 4.74. The molecule has 0 unspecified atom stereocenters. The van der Waals surface area contributed by atoms with Crippen molar-refractivity contribution in [1.82, 2.24) is 9.80 Å². The van der Waals surface area contributed by atoms with E-state index in [0.717, 1.165) is 38.8 Å². The van der Waals surface area contributed by atoms with Crippen LogP contribution in [0.15, 0.2) is 42.5 Å².